The molecule has 0 bridgehead atoms. The van der Waals surface area contributed by atoms with Gasteiger partial charge in [0.05, 0.1) is 19.2 Å². The molecule has 1 aromatic rings. The van der Waals surface area contributed by atoms with E-state index < -0.39 is 0 Å². The molecule has 0 atom stereocenters. The van der Waals surface area contributed by atoms with E-state index in [1.807, 2.05) is 24.9 Å². The summed E-state index contributed by atoms with van der Waals surface area (Å²) in [6, 6.07) is 1.85. The van der Waals surface area contributed by atoms with Gasteiger partial charge in [-0.15, -0.1) is 0 Å². The van der Waals surface area contributed by atoms with Crippen LogP contribution < -0.4 is 10.6 Å². The van der Waals surface area contributed by atoms with E-state index >= 15 is 0 Å². The minimum Gasteiger partial charge on any atom is -0.469 e. The van der Waals surface area contributed by atoms with Crippen molar-refractivity contribution in [3.8, 4) is 0 Å². The van der Waals surface area contributed by atoms with Gasteiger partial charge in [-0.2, -0.15) is 0 Å². The molecule has 0 radical (unpaired) electrons. The third-order valence-electron chi connectivity index (χ3n) is 2.43. The van der Waals surface area contributed by atoms with Crippen LogP contribution in [-0.2, 0) is 9.53 Å². The molecule has 5 nitrogen and oxygen atoms in total. The minimum atomic E-state index is -0.238. The standard InChI is InChI=1S/C11H17N3O2/c1-8-4-6-13-11(10(8)12)14(2)7-5-9(15)16-3/h4,6H,5,7,12H2,1-3H3. The van der Waals surface area contributed by atoms with Crippen LogP contribution in [0.5, 0.6) is 0 Å². The molecule has 0 saturated carbocycles. The minimum absolute atomic E-state index is 0.238. The molecular formula is C11H17N3O2. The fourth-order valence-electron chi connectivity index (χ4n) is 1.33. The van der Waals surface area contributed by atoms with Crippen molar-refractivity contribution in [3.63, 3.8) is 0 Å². The fraction of sp³-hybridized carbons (Fsp3) is 0.455. The van der Waals surface area contributed by atoms with Gasteiger partial charge in [-0.25, -0.2) is 4.98 Å². The van der Waals surface area contributed by atoms with Gasteiger partial charge in [0.1, 0.15) is 0 Å². The third kappa shape index (κ3) is 2.85. The highest BCUT2D eigenvalue weighted by atomic mass is 16.5. The summed E-state index contributed by atoms with van der Waals surface area (Å²) >= 11 is 0. The van der Waals surface area contributed by atoms with E-state index in [-0.39, 0.29) is 5.97 Å². The van der Waals surface area contributed by atoms with Crippen LogP contribution in [0.1, 0.15) is 12.0 Å². The lowest BCUT2D eigenvalue weighted by Gasteiger charge is -2.19. The molecule has 0 amide bonds. The number of carbonyl (C=O) groups excluding carboxylic acids is 1. The van der Waals surface area contributed by atoms with Crippen molar-refractivity contribution in [2.24, 2.45) is 0 Å². The highest BCUT2D eigenvalue weighted by Gasteiger charge is 2.10. The van der Waals surface area contributed by atoms with Crippen LogP contribution in [0.2, 0.25) is 0 Å². The number of ether oxygens (including phenoxy) is 1. The van der Waals surface area contributed by atoms with E-state index in [1.54, 1.807) is 6.20 Å². The van der Waals surface area contributed by atoms with Gasteiger partial charge < -0.3 is 15.4 Å². The lowest BCUT2D eigenvalue weighted by molar-refractivity contribution is -0.140. The third-order valence-corrected chi connectivity index (χ3v) is 2.43. The lowest BCUT2D eigenvalue weighted by atomic mass is 10.2. The molecule has 1 aromatic heterocycles. The monoisotopic (exact) mass is 223 g/mol. The second-order valence-electron chi connectivity index (χ2n) is 3.61. The van der Waals surface area contributed by atoms with E-state index in [9.17, 15) is 4.79 Å². The van der Waals surface area contributed by atoms with Crippen LogP contribution in [0.4, 0.5) is 11.5 Å². The first-order valence-electron chi connectivity index (χ1n) is 5.05. The summed E-state index contributed by atoms with van der Waals surface area (Å²) in [4.78, 5) is 17.0. The van der Waals surface area contributed by atoms with E-state index in [2.05, 4.69) is 9.72 Å². The smallest absolute Gasteiger partial charge is 0.307 e. The molecule has 0 fully saturated rings. The van der Waals surface area contributed by atoms with Gasteiger partial charge in [-0.05, 0) is 18.6 Å². The number of anilines is 2. The number of nitrogens with zero attached hydrogens (tertiary/aromatic N) is 2. The highest BCUT2D eigenvalue weighted by Crippen LogP contribution is 2.21. The zero-order valence-electron chi connectivity index (χ0n) is 9.86. The molecule has 0 aliphatic carbocycles. The SMILES string of the molecule is COC(=O)CCN(C)c1nccc(C)c1N. The maximum Gasteiger partial charge on any atom is 0.307 e. The molecule has 88 valence electrons. The maximum atomic E-state index is 11.0. The molecule has 2 N–H and O–H groups in total. The van der Waals surface area contributed by atoms with E-state index in [4.69, 9.17) is 5.73 Å². The number of nitrogens with two attached hydrogens (primary N) is 1. The number of methoxy groups -OCH3 is 1. The zero-order valence-corrected chi connectivity index (χ0v) is 9.86. The summed E-state index contributed by atoms with van der Waals surface area (Å²) in [5, 5.41) is 0. The molecule has 1 heterocycles. The Morgan fingerprint density at radius 1 is 1.62 bits per heavy atom. The largest absolute Gasteiger partial charge is 0.469 e. The summed E-state index contributed by atoms with van der Waals surface area (Å²) in [6.45, 7) is 2.46. The first-order valence-corrected chi connectivity index (χ1v) is 5.05. The molecule has 0 saturated heterocycles. The van der Waals surface area contributed by atoms with Crippen LogP contribution in [0.3, 0.4) is 0 Å². The Morgan fingerprint density at radius 2 is 2.31 bits per heavy atom. The van der Waals surface area contributed by atoms with Crippen LogP contribution in [0.15, 0.2) is 12.3 Å². The number of rotatable bonds is 4. The lowest BCUT2D eigenvalue weighted by Crippen LogP contribution is -2.23. The Balaban J connectivity index is 2.69. The van der Waals surface area contributed by atoms with Gasteiger partial charge in [-0.1, -0.05) is 0 Å². The quantitative estimate of drug-likeness (QED) is 0.770. The number of hydrogen-bond donors (Lipinski definition) is 1. The molecule has 1 rings (SSSR count). The number of hydrogen-bond acceptors (Lipinski definition) is 5. The van der Waals surface area contributed by atoms with E-state index in [0.717, 1.165) is 5.56 Å². The molecule has 0 aliphatic rings. The van der Waals surface area contributed by atoms with Gasteiger partial charge in [-0.3, -0.25) is 4.79 Å². The Morgan fingerprint density at radius 3 is 2.94 bits per heavy atom. The van der Waals surface area contributed by atoms with Crippen molar-refractivity contribution >= 4 is 17.5 Å². The normalized spacial score (nSPS) is 9.94. The Hall–Kier alpha value is -1.78. The van der Waals surface area contributed by atoms with Gasteiger partial charge in [0, 0.05) is 19.8 Å². The first kappa shape index (κ1) is 12.3. The molecule has 0 aliphatic heterocycles. The number of pyridine rings is 1. The fourth-order valence-corrected chi connectivity index (χ4v) is 1.33. The van der Waals surface area contributed by atoms with Crippen molar-refractivity contribution in [3.05, 3.63) is 17.8 Å². The topological polar surface area (TPSA) is 68.5 Å². The molecule has 5 heteroatoms. The van der Waals surface area contributed by atoms with Crippen molar-refractivity contribution in [2.75, 3.05) is 31.3 Å². The molecule has 0 aromatic carbocycles. The number of aryl methyl sites for hydroxylation is 1. The second kappa shape index (κ2) is 5.34. The van der Waals surface area contributed by atoms with Crippen LogP contribution in [0, 0.1) is 6.92 Å². The maximum absolute atomic E-state index is 11.0. The predicted molar refractivity (Wildman–Crippen MR) is 63.3 cm³/mol. The predicted octanol–water partition coefficient (Wildman–Crippen LogP) is 0.972. The second-order valence-corrected chi connectivity index (χ2v) is 3.61. The average Bonchev–Trinajstić information content (AvgIpc) is 2.29. The zero-order chi connectivity index (χ0) is 12.1. The van der Waals surface area contributed by atoms with Crippen molar-refractivity contribution in [1.82, 2.24) is 4.98 Å². The number of carbonyl (C=O) groups is 1. The van der Waals surface area contributed by atoms with Crippen molar-refractivity contribution in [1.29, 1.82) is 0 Å². The molecule has 0 unspecified atom stereocenters. The Bertz CT molecular complexity index is 379. The van der Waals surface area contributed by atoms with Crippen LogP contribution in [-0.4, -0.2) is 31.7 Å². The average molecular weight is 223 g/mol. The summed E-state index contributed by atoms with van der Waals surface area (Å²) < 4.78 is 4.57. The van der Waals surface area contributed by atoms with Gasteiger partial charge >= 0.3 is 5.97 Å². The van der Waals surface area contributed by atoms with Gasteiger partial charge in [0.2, 0.25) is 0 Å². The van der Waals surface area contributed by atoms with Crippen LogP contribution in [0.25, 0.3) is 0 Å². The summed E-state index contributed by atoms with van der Waals surface area (Å²) in [7, 11) is 3.22. The summed E-state index contributed by atoms with van der Waals surface area (Å²) in [5.74, 6) is 0.460. The highest BCUT2D eigenvalue weighted by molar-refractivity contribution is 5.71. The number of nitrogen functional groups attached to an aromatic ring is 1. The van der Waals surface area contributed by atoms with E-state index in [0.29, 0.717) is 24.5 Å². The summed E-state index contributed by atoms with van der Waals surface area (Å²) in [6.07, 6.45) is 2.03. The van der Waals surface area contributed by atoms with Gasteiger partial charge in [0.25, 0.3) is 0 Å². The molecule has 0 spiro atoms. The number of aromatic nitrogens is 1. The van der Waals surface area contributed by atoms with Crippen molar-refractivity contribution in [2.45, 2.75) is 13.3 Å². The molecular weight excluding hydrogens is 206 g/mol. The van der Waals surface area contributed by atoms with Crippen molar-refractivity contribution < 1.29 is 9.53 Å². The molecule has 16 heavy (non-hydrogen) atoms. The van der Waals surface area contributed by atoms with Gasteiger partial charge in [0.15, 0.2) is 5.82 Å². The Kier molecular flexibility index (Phi) is 4.10. The Labute approximate surface area is 95.2 Å². The van der Waals surface area contributed by atoms with Crippen LogP contribution >= 0.6 is 0 Å². The first-order chi connectivity index (χ1) is 7.56. The number of esters is 1. The van der Waals surface area contributed by atoms with E-state index in [1.165, 1.54) is 7.11 Å². The summed E-state index contributed by atoms with van der Waals surface area (Å²) in [5.41, 5.74) is 7.53.